The van der Waals surface area contributed by atoms with Gasteiger partial charge < -0.3 is 19.5 Å². The monoisotopic (exact) mass is 328 g/mol. The Morgan fingerprint density at radius 1 is 1.00 bits per heavy atom. The Kier molecular flexibility index (Phi) is 5.86. The summed E-state index contributed by atoms with van der Waals surface area (Å²) in [6.45, 7) is 4.50. The normalized spacial score (nSPS) is 18.1. The zero-order valence-electron chi connectivity index (χ0n) is 14.2. The standard InChI is InChI=1S/C20H25NO3/c1-23-18-9-7-17(8-10-18)20(22)19(16-5-3-2-4-6-16)15-21-11-13-24-14-12-21/h2-10,19-20,22H,11-15H2,1H3/p+1/t19-,20+/m1/s1. The Balaban J connectivity index is 1.82. The highest BCUT2D eigenvalue weighted by atomic mass is 16.5. The van der Waals surface area contributed by atoms with Crippen LogP contribution < -0.4 is 9.64 Å². The summed E-state index contributed by atoms with van der Waals surface area (Å²) in [5, 5.41) is 11.0. The molecular formula is C20H26NO3+. The number of benzene rings is 2. The molecule has 24 heavy (non-hydrogen) atoms. The lowest BCUT2D eigenvalue weighted by atomic mass is 9.88. The second-order valence-corrected chi connectivity index (χ2v) is 6.30. The van der Waals surface area contributed by atoms with Gasteiger partial charge in [-0.3, -0.25) is 0 Å². The molecule has 4 nitrogen and oxygen atoms in total. The van der Waals surface area contributed by atoms with E-state index in [1.165, 1.54) is 10.5 Å². The number of rotatable bonds is 6. The molecule has 0 saturated carbocycles. The number of aliphatic hydroxyl groups is 1. The van der Waals surface area contributed by atoms with Gasteiger partial charge in [-0.2, -0.15) is 0 Å². The highest BCUT2D eigenvalue weighted by molar-refractivity contribution is 5.31. The van der Waals surface area contributed by atoms with Gasteiger partial charge in [0.05, 0.1) is 38.9 Å². The van der Waals surface area contributed by atoms with Gasteiger partial charge in [-0.05, 0) is 23.3 Å². The molecule has 0 amide bonds. The predicted octanol–water partition coefficient (Wildman–Crippen LogP) is 1.43. The number of methoxy groups -OCH3 is 1. The van der Waals surface area contributed by atoms with E-state index in [2.05, 4.69) is 12.1 Å². The Morgan fingerprint density at radius 3 is 2.29 bits per heavy atom. The topological polar surface area (TPSA) is 43.1 Å². The van der Waals surface area contributed by atoms with Gasteiger partial charge >= 0.3 is 0 Å². The van der Waals surface area contributed by atoms with Gasteiger partial charge in [0, 0.05) is 0 Å². The van der Waals surface area contributed by atoms with Gasteiger partial charge in [0.15, 0.2) is 0 Å². The van der Waals surface area contributed by atoms with Crippen LogP contribution in [0.25, 0.3) is 0 Å². The van der Waals surface area contributed by atoms with E-state index in [9.17, 15) is 5.11 Å². The molecule has 1 aliphatic heterocycles. The second kappa shape index (κ2) is 8.29. The average Bonchev–Trinajstić information content (AvgIpc) is 2.67. The van der Waals surface area contributed by atoms with Crippen molar-refractivity contribution in [3.63, 3.8) is 0 Å². The van der Waals surface area contributed by atoms with Crippen LogP contribution in [0.15, 0.2) is 54.6 Å². The molecule has 1 saturated heterocycles. The molecule has 2 aromatic rings. The van der Waals surface area contributed by atoms with Crippen molar-refractivity contribution in [2.75, 3.05) is 40.0 Å². The minimum atomic E-state index is -0.534. The minimum absolute atomic E-state index is 0.0627. The van der Waals surface area contributed by atoms with E-state index in [1.54, 1.807) is 7.11 Å². The van der Waals surface area contributed by atoms with Gasteiger partial charge in [0.2, 0.25) is 0 Å². The van der Waals surface area contributed by atoms with Gasteiger partial charge in [0.25, 0.3) is 0 Å². The number of morpholine rings is 1. The van der Waals surface area contributed by atoms with E-state index >= 15 is 0 Å². The summed E-state index contributed by atoms with van der Waals surface area (Å²) in [6, 6.07) is 18.0. The summed E-state index contributed by atoms with van der Waals surface area (Å²) >= 11 is 0. The van der Waals surface area contributed by atoms with Crippen molar-refractivity contribution in [2.24, 2.45) is 0 Å². The van der Waals surface area contributed by atoms with Crippen LogP contribution in [0.3, 0.4) is 0 Å². The second-order valence-electron chi connectivity index (χ2n) is 6.30. The fourth-order valence-corrected chi connectivity index (χ4v) is 3.32. The maximum Gasteiger partial charge on any atom is 0.118 e. The minimum Gasteiger partial charge on any atom is -0.497 e. The maximum absolute atomic E-state index is 11.0. The maximum atomic E-state index is 11.0. The van der Waals surface area contributed by atoms with Crippen molar-refractivity contribution in [1.29, 1.82) is 0 Å². The quantitative estimate of drug-likeness (QED) is 0.843. The lowest BCUT2D eigenvalue weighted by Gasteiger charge is -2.30. The summed E-state index contributed by atoms with van der Waals surface area (Å²) < 4.78 is 10.7. The third-order valence-electron chi connectivity index (χ3n) is 4.77. The molecule has 2 aromatic carbocycles. The lowest BCUT2D eigenvalue weighted by molar-refractivity contribution is -0.909. The van der Waals surface area contributed by atoms with Gasteiger partial charge in [-0.15, -0.1) is 0 Å². The number of hydrogen-bond acceptors (Lipinski definition) is 3. The van der Waals surface area contributed by atoms with E-state index in [4.69, 9.17) is 9.47 Å². The third-order valence-corrected chi connectivity index (χ3v) is 4.77. The molecule has 2 atom stereocenters. The van der Waals surface area contributed by atoms with Crippen LogP contribution in [-0.2, 0) is 4.74 Å². The van der Waals surface area contributed by atoms with E-state index in [1.807, 2.05) is 42.5 Å². The summed E-state index contributed by atoms with van der Waals surface area (Å²) in [7, 11) is 1.65. The molecule has 0 radical (unpaired) electrons. The fraction of sp³-hybridized carbons (Fsp3) is 0.400. The van der Waals surface area contributed by atoms with Crippen molar-refractivity contribution in [3.05, 3.63) is 65.7 Å². The molecular weight excluding hydrogens is 302 g/mol. The number of nitrogens with one attached hydrogen (secondary N) is 1. The van der Waals surface area contributed by atoms with Crippen LogP contribution in [0.5, 0.6) is 5.75 Å². The Morgan fingerprint density at radius 2 is 1.67 bits per heavy atom. The number of quaternary nitrogens is 1. The molecule has 0 spiro atoms. The van der Waals surface area contributed by atoms with E-state index in [0.29, 0.717) is 0 Å². The molecule has 3 rings (SSSR count). The van der Waals surface area contributed by atoms with Crippen LogP contribution in [0.1, 0.15) is 23.1 Å². The highest BCUT2D eigenvalue weighted by Crippen LogP contribution is 2.30. The molecule has 128 valence electrons. The zero-order chi connectivity index (χ0) is 16.8. The number of hydrogen-bond donors (Lipinski definition) is 2. The van der Waals surface area contributed by atoms with Gasteiger partial charge in [0.1, 0.15) is 18.8 Å². The molecule has 1 fully saturated rings. The summed E-state index contributed by atoms with van der Waals surface area (Å²) in [5.41, 5.74) is 2.11. The SMILES string of the molecule is COc1ccc([C@H](O)[C@H](C[NH+]2CCOCC2)c2ccccc2)cc1. The molecule has 0 aliphatic carbocycles. The molecule has 1 aliphatic rings. The summed E-state index contributed by atoms with van der Waals surface area (Å²) in [6.07, 6.45) is -0.534. The van der Waals surface area contributed by atoms with E-state index in [-0.39, 0.29) is 5.92 Å². The Hall–Kier alpha value is -1.88. The highest BCUT2D eigenvalue weighted by Gasteiger charge is 2.28. The Bertz CT molecular complexity index is 609. The van der Waals surface area contributed by atoms with Gasteiger partial charge in [-0.25, -0.2) is 0 Å². The van der Waals surface area contributed by atoms with Crippen molar-refractivity contribution < 1.29 is 19.5 Å². The smallest absolute Gasteiger partial charge is 0.118 e. The molecule has 0 bridgehead atoms. The number of ether oxygens (including phenoxy) is 2. The first-order chi connectivity index (χ1) is 11.8. The van der Waals surface area contributed by atoms with Crippen LogP contribution in [0, 0.1) is 0 Å². The first kappa shape index (κ1) is 17.0. The van der Waals surface area contributed by atoms with E-state index < -0.39 is 6.10 Å². The molecule has 4 heteroatoms. The Labute approximate surface area is 143 Å². The van der Waals surface area contributed by atoms with E-state index in [0.717, 1.165) is 44.2 Å². The number of aliphatic hydroxyl groups excluding tert-OH is 1. The summed E-state index contributed by atoms with van der Waals surface area (Å²) in [5.74, 6) is 0.869. The van der Waals surface area contributed by atoms with Crippen LogP contribution in [-0.4, -0.2) is 45.1 Å². The van der Waals surface area contributed by atoms with Crippen molar-refractivity contribution in [3.8, 4) is 5.75 Å². The first-order valence-electron chi connectivity index (χ1n) is 8.56. The van der Waals surface area contributed by atoms with Gasteiger partial charge in [-0.1, -0.05) is 42.5 Å². The molecule has 2 N–H and O–H groups in total. The first-order valence-corrected chi connectivity index (χ1v) is 8.56. The van der Waals surface area contributed by atoms with Crippen molar-refractivity contribution in [2.45, 2.75) is 12.0 Å². The third kappa shape index (κ3) is 4.15. The lowest BCUT2D eigenvalue weighted by Crippen LogP contribution is -3.14. The van der Waals surface area contributed by atoms with Crippen LogP contribution >= 0.6 is 0 Å². The predicted molar refractivity (Wildman–Crippen MR) is 93.5 cm³/mol. The zero-order valence-corrected chi connectivity index (χ0v) is 14.2. The van der Waals surface area contributed by atoms with Crippen molar-refractivity contribution >= 4 is 0 Å². The largest absolute Gasteiger partial charge is 0.497 e. The molecule has 0 aromatic heterocycles. The molecule has 1 heterocycles. The fourth-order valence-electron chi connectivity index (χ4n) is 3.32. The molecule has 0 unspecified atom stereocenters. The van der Waals surface area contributed by atoms with Crippen molar-refractivity contribution in [1.82, 2.24) is 0 Å². The van der Waals surface area contributed by atoms with Crippen LogP contribution in [0.4, 0.5) is 0 Å². The summed E-state index contributed by atoms with van der Waals surface area (Å²) in [4.78, 5) is 1.49. The van der Waals surface area contributed by atoms with Crippen LogP contribution in [0.2, 0.25) is 0 Å². The average molecular weight is 328 g/mol.